The zero-order chi connectivity index (χ0) is 9.26. The van der Waals surface area contributed by atoms with Gasteiger partial charge in [0, 0.05) is 16.8 Å². The van der Waals surface area contributed by atoms with Gasteiger partial charge in [-0.2, -0.15) is 0 Å². The Morgan fingerprint density at radius 2 is 2.38 bits per heavy atom. The molecule has 0 bridgehead atoms. The summed E-state index contributed by atoms with van der Waals surface area (Å²) in [5.41, 5.74) is 8.03. The van der Waals surface area contributed by atoms with Crippen LogP contribution in [0.4, 0.5) is 5.69 Å². The molecule has 3 heteroatoms. The van der Waals surface area contributed by atoms with E-state index < -0.39 is 0 Å². The van der Waals surface area contributed by atoms with Crippen molar-refractivity contribution < 1.29 is 0 Å². The van der Waals surface area contributed by atoms with Crippen LogP contribution in [0.3, 0.4) is 0 Å². The van der Waals surface area contributed by atoms with Crippen LogP contribution in [0.1, 0.15) is 12.0 Å². The average Bonchev–Trinajstić information content (AvgIpc) is 2.46. The van der Waals surface area contributed by atoms with E-state index >= 15 is 0 Å². The molecule has 0 aromatic heterocycles. The molecule has 1 aliphatic rings. The molecule has 2 rings (SSSR count). The molecule has 1 aromatic carbocycles. The second-order valence-electron chi connectivity index (χ2n) is 3.42. The Bertz CT molecular complexity index is 312. The topological polar surface area (TPSA) is 38.0 Å². The van der Waals surface area contributed by atoms with E-state index in [1.54, 1.807) is 0 Å². The number of nitrogens with one attached hydrogen (secondary N) is 1. The zero-order valence-electron chi connectivity index (χ0n) is 7.39. The maximum absolute atomic E-state index is 5.88. The van der Waals surface area contributed by atoms with E-state index in [1.807, 2.05) is 12.1 Å². The Morgan fingerprint density at radius 3 is 3.15 bits per heavy atom. The van der Waals surface area contributed by atoms with Gasteiger partial charge < -0.3 is 11.1 Å². The van der Waals surface area contributed by atoms with Crippen LogP contribution in [-0.4, -0.2) is 12.6 Å². The molecule has 1 unspecified atom stereocenters. The number of halogens is 1. The standard InChI is InChI=1S/C10H13ClN2/c11-8-2-1-7-5-9(3-4-12)13-10(7)6-8/h1-2,6,9,13H,3-5,12H2. The van der Waals surface area contributed by atoms with Gasteiger partial charge in [-0.15, -0.1) is 0 Å². The third kappa shape index (κ3) is 1.79. The lowest BCUT2D eigenvalue weighted by atomic mass is 10.1. The fraction of sp³-hybridized carbons (Fsp3) is 0.400. The highest BCUT2D eigenvalue weighted by atomic mass is 35.5. The van der Waals surface area contributed by atoms with Gasteiger partial charge in [-0.25, -0.2) is 0 Å². The van der Waals surface area contributed by atoms with Crippen molar-refractivity contribution in [3.63, 3.8) is 0 Å². The fourth-order valence-electron chi connectivity index (χ4n) is 1.77. The van der Waals surface area contributed by atoms with Gasteiger partial charge in [0.05, 0.1) is 0 Å². The molecule has 13 heavy (non-hydrogen) atoms. The molecule has 70 valence electrons. The van der Waals surface area contributed by atoms with Crippen LogP contribution < -0.4 is 11.1 Å². The van der Waals surface area contributed by atoms with Gasteiger partial charge in [0.25, 0.3) is 0 Å². The Hall–Kier alpha value is -0.730. The van der Waals surface area contributed by atoms with Crippen molar-refractivity contribution in [2.24, 2.45) is 5.73 Å². The molecule has 1 atom stereocenters. The monoisotopic (exact) mass is 196 g/mol. The number of benzene rings is 1. The molecule has 0 saturated carbocycles. The number of rotatable bonds is 2. The summed E-state index contributed by atoms with van der Waals surface area (Å²) in [5.74, 6) is 0. The molecule has 0 aliphatic carbocycles. The van der Waals surface area contributed by atoms with Gasteiger partial charge >= 0.3 is 0 Å². The molecule has 3 N–H and O–H groups in total. The predicted octanol–water partition coefficient (Wildman–Crippen LogP) is 2.03. The quantitative estimate of drug-likeness (QED) is 0.760. The van der Waals surface area contributed by atoms with E-state index in [-0.39, 0.29) is 0 Å². The van der Waals surface area contributed by atoms with Crippen LogP contribution in [-0.2, 0) is 6.42 Å². The van der Waals surface area contributed by atoms with Crippen LogP contribution >= 0.6 is 11.6 Å². The van der Waals surface area contributed by atoms with E-state index in [2.05, 4.69) is 11.4 Å². The van der Waals surface area contributed by atoms with Crippen molar-refractivity contribution in [1.29, 1.82) is 0 Å². The van der Waals surface area contributed by atoms with Crippen LogP contribution in [0.15, 0.2) is 18.2 Å². The highest BCUT2D eigenvalue weighted by Crippen LogP contribution is 2.29. The van der Waals surface area contributed by atoms with Crippen LogP contribution in [0.2, 0.25) is 5.02 Å². The Balaban J connectivity index is 2.16. The maximum Gasteiger partial charge on any atom is 0.0426 e. The molecule has 0 radical (unpaired) electrons. The van der Waals surface area contributed by atoms with Crippen LogP contribution in [0.25, 0.3) is 0 Å². The molecule has 1 heterocycles. The molecule has 0 fully saturated rings. The smallest absolute Gasteiger partial charge is 0.0426 e. The minimum absolute atomic E-state index is 0.499. The summed E-state index contributed by atoms with van der Waals surface area (Å²) in [4.78, 5) is 0. The molecule has 1 aliphatic heterocycles. The van der Waals surface area contributed by atoms with Gasteiger partial charge in [-0.05, 0) is 37.1 Å². The van der Waals surface area contributed by atoms with Crippen molar-refractivity contribution in [3.8, 4) is 0 Å². The fourth-order valence-corrected chi connectivity index (χ4v) is 1.94. The summed E-state index contributed by atoms with van der Waals surface area (Å²) >= 11 is 5.88. The molecule has 2 nitrogen and oxygen atoms in total. The molecule has 0 saturated heterocycles. The highest BCUT2D eigenvalue weighted by Gasteiger charge is 2.19. The lowest BCUT2D eigenvalue weighted by molar-refractivity contribution is 0.684. The second-order valence-corrected chi connectivity index (χ2v) is 3.86. The molecule has 0 spiro atoms. The lowest BCUT2D eigenvalue weighted by Gasteiger charge is -2.08. The minimum atomic E-state index is 0.499. The Labute approximate surface area is 83.1 Å². The molecular weight excluding hydrogens is 184 g/mol. The van der Waals surface area contributed by atoms with Gasteiger partial charge in [-0.1, -0.05) is 17.7 Å². The number of hydrogen-bond acceptors (Lipinski definition) is 2. The van der Waals surface area contributed by atoms with Crippen molar-refractivity contribution >= 4 is 17.3 Å². The Kier molecular flexibility index (Phi) is 2.42. The van der Waals surface area contributed by atoms with Crippen molar-refractivity contribution in [1.82, 2.24) is 0 Å². The van der Waals surface area contributed by atoms with E-state index in [0.717, 1.165) is 24.4 Å². The molecule has 1 aromatic rings. The van der Waals surface area contributed by atoms with Gasteiger partial charge in [-0.3, -0.25) is 0 Å². The lowest BCUT2D eigenvalue weighted by Crippen LogP contribution is -2.19. The third-order valence-corrected chi connectivity index (χ3v) is 2.65. The van der Waals surface area contributed by atoms with Crippen LogP contribution in [0, 0.1) is 0 Å². The van der Waals surface area contributed by atoms with Crippen molar-refractivity contribution in [3.05, 3.63) is 28.8 Å². The number of anilines is 1. The van der Waals surface area contributed by atoms with E-state index in [1.165, 1.54) is 11.3 Å². The van der Waals surface area contributed by atoms with E-state index in [4.69, 9.17) is 17.3 Å². The first-order valence-electron chi connectivity index (χ1n) is 4.54. The van der Waals surface area contributed by atoms with Gasteiger partial charge in [0.15, 0.2) is 0 Å². The minimum Gasteiger partial charge on any atom is -0.382 e. The summed E-state index contributed by atoms with van der Waals surface area (Å²) in [6, 6.07) is 6.50. The first kappa shape index (κ1) is 8.85. The largest absolute Gasteiger partial charge is 0.382 e. The van der Waals surface area contributed by atoms with E-state index in [0.29, 0.717) is 6.04 Å². The molecular formula is C10H13ClN2. The van der Waals surface area contributed by atoms with Crippen molar-refractivity contribution in [2.75, 3.05) is 11.9 Å². The first-order chi connectivity index (χ1) is 6.29. The second kappa shape index (κ2) is 3.56. The van der Waals surface area contributed by atoms with Crippen LogP contribution in [0.5, 0.6) is 0 Å². The summed E-state index contributed by atoms with van der Waals surface area (Å²) in [5, 5.41) is 4.20. The average molecular weight is 197 g/mol. The molecule has 0 amide bonds. The number of fused-ring (bicyclic) bond motifs is 1. The third-order valence-electron chi connectivity index (χ3n) is 2.41. The van der Waals surface area contributed by atoms with E-state index in [9.17, 15) is 0 Å². The SMILES string of the molecule is NCCC1Cc2ccc(Cl)cc2N1. The summed E-state index contributed by atoms with van der Waals surface area (Å²) in [7, 11) is 0. The number of nitrogens with two attached hydrogens (primary N) is 1. The maximum atomic E-state index is 5.88. The Morgan fingerprint density at radius 1 is 1.54 bits per heavy atom. The summed E-state index contributed by atoms with van der Waals surface area (Å²) in [6.45, 7) is 0.736. The summed E-state index contributed by atoms with van der Waals surface area (Å²) < 4.78 is 0. The highest BCUT2D eigenvalue weighted by molar-refractivity contribution is 6.30. The first-order valence-corrected chi connectivity index (χ1v) is 4.92. The normalized spacial score (nSPS) is 19.7. The number of hydrogen-bond donors (Lipinski definition) is 2. The van der Waals surface area contributed by atoms with Gasteiger partial charge in [0.2, 0.25) is 0 Å². The summed E-state index contributed by atoms with van der Waals surface area (Å²) in [6.07, 6.45) is 2.09. The van der Waals surface area contributed by atoms with Gasteiger partial charge in [0.1, 0.15) is 0 Å². The zero-order valence-corrected chi connectivity index (χ0v) is 8.14. The van der Waals surface area contributed by atoms with Crippen molar-refractivity contribution in [2.45, 2.75) is 18.9 Å². The predicted molar refractivity (Wildman–Crippen MR) is 56.2 cm³/mol.